The first-order chi connectivity index (χ1) is 8.02. The third-order valence-corrected chi connectivity index (χ3v) is 2.41. The summed E-state index contributed by atoms with van der Waals surface area (Å²) < 4.78 is 4.55. The van der Waals surface area contributed by atoms with E-state index >= 15 is 0 Å². The zero-order valence-electron chi connectivity index (χ0n) is 10.3. The molecule has 0 unspecified atom stereocenters. The molecule has 17 heavy (non-hydrogen) atoms. The number of carbonyl (C=O) groups is 2. The van der Waals surface area contributed by atoms with Gasteiger partial charge in [-0.15, -0.1) is 0 Å². The highest BCUT2D eigenvalue weighted by Crippen LogP contribution is 2.18. The monoisotopic (exact) mass is 235 g/mol. The van der Waals surface area contributed by atoms with Gasteiger partial charge >= 0.3 is 6.09 Å². The normalized spacial score (nSPS) is 11.7. The summed E-state index contributed by atoms with van der Waals surface area (Å²) in [5.41, 5.74) is 1.99. The molecule has 0 spiro atoms. The van der Waals surface area contributed by atoms with E-state index < -0.39 is 6.09 Å². The van der Waals surface area contributed by atoms with Crippen LogP contribution in [0.2, 0.25) is 0 Å². The molecule has 0 aliphatic carbocycles. The van der Waals surface area contributed by atoms with Gasteiger partial charge in [0, 0.05) is 6.42 Å². The van der Waals surface area contributed by atoms with E-state index in [1.54, 1.807) is 0 Å². The fourth-order valence-electron chi connectivity index (χ4n) is 1.63. The number of methoxy groups -OCH3 is 1. The van der Waals surface area contributed by atoms with Crippen molar-refractivity contribution in [1.82, 2.24) is 5.32 Å². The summed E-state index contributed by atoms with van der Waals surface area (Å²) in [7, 11) is 1.30. The zero-order chi connectivity index (χ0) is 12.8. The number of ketones is 1. The molecular formula is C13H17NO3. The average molecular weight is 235 g/mol. The van der Waals surface area contributed by atoms with Crippen LogP contribution < -0.4 is 5.32 Å². The Labute approximate surface area is 101 Å². The third-order valence-electron chi connectivity index (χ3n) is 2.41. The van der Waals surface area contributed by atoms with Gasteiger partial charge in [0.2, 0.25) is 0 Å². The van der Waals surface area contributed by atoms with Crippen LogP contribution in [-0.2, 0) is 9.53 Å². The number of hydrogen-bond donors (Lipinski definition) is 1. The second-order valence-electron chi connectivity index (χ2n) is 4.01. The topological polar surface area (TPSA) is 55.4 Å². The number of rotatable bonds is 4. The van der Waals surface area contributed by atoms with E-state index in [-0.39, 0.29) is 18.2 Å². The Morgan fingerprint density at radius 1 is 1.41 bits per heavy atom. The molecule has 0 bridgehead atoms. The Morgan fingerprint density at radius 3 is 2.65 bits per heavy atom. The molecule has 0 aromatic heterocycles. The van der Waals surface area contributed by atoms with Crippen LogP contribution in [0.3, 0.4) is 0 Å². The lowest BCUT2D eigenvalue weighted by Crippen LogP contribution is -2.29. The molecule has 1 N–H and O–H groups in total. The number of ether oxygens (including phenoxy) is 1. The molecule has 0 heterocycles. The van der Waals surface area contributed by atoms with Gasteiger partial charge in [0.1, 0.15) is 5.78 Å². The van der Waals surface area contributed by atoms with Crippen molar-refractivity contribution in [2.24, 2.45) is 0 Å². The molecule has 0 fully saturated rings. The lowest BCUT2D eigenvalue weighted by atomic mass is 10.0. The number of nitrogens with one attached hydrogen (secondary N) is 1. The Morgan fingerprint density at radius 2 is 2.12 bits per heavy atom. The van der Waals surface area contributed by atoms with Crippen LogP contribution >= 0.6 is 0 Å². The molecule has 1 amide bonds. The lowest BCUT2D eigenvalue weighted by molar-refractivity contribution is -0.117. The molecule has 1 atom stereocenters. The van der Waals surface area contributed by atoms with Gasteiger partial charge in [-0.3, -0.25) is 4.79 Å². The van der Waals surface area contributed by atoms with E-state index in [2.05, 4.69) is 10.1 Å². The number of Topliss-reactive ketones (excluding diaryl/α,β-unsaturated/α-hetero) is 1. The van der Waals surface area contributed by atoms with E-state index in [0.717, 1.165) is 11.1 Å². The van der Waals surface area contributed by atoms with Gasteiger partial charge in [0.05, 0.1) is 13.2 Å². The second-order valence-corrected chi connectivity index (χ2v) is 4.01. The SMILES string of the molecule is COC(=O)N[C@H](CC(C)=O)c1cccc(C)c1. The molecule has 0 saturated heterocycles. The van der Waals surface area contributed by atoms with Crippen molar-refractivity contribution >= 4 is 11.9 Å². The van der Waals surface area contributed by atoms with Crippen molar-refractivity contribution in [3.05, 3.63) is 35.4 Å². The van der Waals surface area contributed by atoms with Crippen molar-refractivity contribution < 1.29 is 14.3 Å². The summed E-state index contributed by atoms with van der Waals surface area (Å²) in [4.78, 5) is 22.4. The quantitative estimate of drug-likeness (QED) is 0.871. The predicted octanol–water partition coefficient (Wildman–Crippen LogP) is 2.37. The van der Waals surface area contributed by atoms with Crippen molar-refractivity contribution in [1.29, 1.82) is 0 Å². The Kier molecular flexibility index (Phi) is 4.69. The highest BCUT2D eigenvalue weighted by molar-refractivity contribution is 5.77. The minimum Gasteiger partial charge on any atom is -0.453 e. The van der Waals surface area contributed by atoms with Gasteiger partial charge in [-0.1, -0.05) is 29.8 Å². The second kappa shape index (κ2) is 6.03. The molecular weight excluding hydrogens is 218 g/mol. The maximum atomic E-state index is 11.2. The van der Waals surface area contributed by atoms with Gasteiger partial charge in [-0.05, 0) is 19.4 Å². The predicted molar refractivity (Wildman–Crippen MR) is 64.8 cm³/mol. The number of amides is 1. The summed E-state index contributed by atoms with van der Waals surface area (Å²) >= 11 is 0. The standard InChI is InChI=1S/C13H17NO3/c1-9-5-4-6-11(7-9)12(8-10(2)15)14-13(16)17-3/h4-7,12H,8H2,1-3H3,(H,14,16)/t12-/m1/s1. The van der Waals surface area contributed by atoms with Crippen molar-refractivity contribution in [3.63, 3.8) is 0 Å². The van der Waals surface area contributed by atoms with Crippen molar-refractivity contribution in [2.75, 3.05) is 7.11 Å². The summed E-state index contributed by atoms with van der Waals surface area (Å²) in [6, 6.07) is 7.36. The molecule has 1 aromatic carbocycles. The van der Waals surface area contributed by atoms with E-state index in [0.29, 0.717) is 0 Å². The third kappa shape index (κ3) is 4.26. The van der Waals surface area contributed by atoms with Crippen LogP contribution in [0.4, 0.5) is 4.79 Å². The fourth-order valence-corrected chi connectivity index (χ4v) is 1.63. The summed E-state index contributed by atoms with van der Waals surface area (Å²) in [6.07, 6.45) is -0.267. The number of benzene rings is 1. The number of alkyl carbamates (subject to hydrolysis) is 1. The molecule has 0 aliphatic heterocycles. The van der Waals surface area contributed by atoms with Crippen LogP contribution in [0.15, 0.2) is 24.3 Å². The molecule has 1 rings (SSSR count). The van der Waals surface area contributed by atoms with Crippen LogP contribution in [0, 0.1) is 6.92 Å². The van der Waals surface area contributed by atoms with Crippen LogP contribution in [0.25, 0.3) is 0 Å². The highest BCUT2D eigenvalue weighted by Gasteiger charge is 2.16. The molecule has 4 nitrogen and oxygen atoms in total. The van der Waals surface area contributed by atoms with Crippen molar-refractivity contribution in [2.45, 2.75) is 26.3 Å². The Bertz CT molecular complexity index is 415. The van der Waals surface area contributed by atoms with E-state index in [4.69, 9.17) is 0 Å². The molecule has 0 radical (unpaired) electrons. The van der Waals surface area contributed by atoms with Gasteiger partial charge in [-0.25, -0.2) is 4.79 Å². The number of aryl methyl sites for hydroxylation is 1. The van der Waals surface area contributed by atoms with Gasteiger partial charge in [0.15, 0.2) is 0 Å². The highest BCUT2D eigenvalue weighted by atomic mass is 16.5. The van der Waals surface area contributed by atoms with Crippen molar-refractivity contribution in [3.8, 4) is 0 Å². The molecule has 0 aliphatic rings. The number of hydrogen-bond acceptors (Lipinski definition) is 3. The maximum Gasteiger partial charge on any atom is 0.407 e. The average Bonchev–Trinajstić information content (AvgIpc) is 2.27. The van der Waals surface area contributed by atoms with Gasteiger partial charge in [0.25, 0.3) is 0 Å². The van der Waals surface area contributed by atoms with E-state index in [9.17, 15) is 9.59 Å². The maximum absolute atomic E-state index is 11.2. The molecule has 4 heteroatoms. The lowest BCUT2D eigenvalue weighted by Gasteiger charge is -2.17. The Hall–Kier alpha value is -1.84. The first kappa shape index (κ1) is 13.2. The number of carbonyl (C=O) groups excluding carboxylic acids is 2. The van der Waals surface area contributed by atoms with E-state index in [1.165, 1.54) is 14.0 Å². The van der Waals surface area contributed by atoms with Crippen LogP contribution in [0.1, 0.15) is 30.5 Å². The molecule has 0 saturated carbocycles. The zero-order valence-corrected chi connectivity index (χ0v) is 10.3. The largest absolute Gasteiger partial charge is 0.453 e. The van der Waals surface area contributed by atoms with E-state index in [1.807, 2.05) is 31.2 Å². The summed E-state index contributed by atoms with van der Waals surface area (Å²) in [5.74, 6) is 0.0212. The van der Waals surface area contributed by atoms with Crippen LogP contribution in [-0.4, -0.2) is 19.0 Å². The van der Waals surface area contributed by atoms with Crippen LogP contribution in [0.5, 0.6) is 0 Å². The molecule has 92 valence electrons. The van der Waals surface area contributed by atoms with Gasteiger partial charge < -0.3 is 10.1 Å². The Balaban J connectivity index is 2.89. The minimum absolute atomic E-state index is 0.0212. The first-order valence-corrected chi connectivity index (χ1v) is 5.43. The summed E-state index contributed by atoms with van der Waals surface area (Å²) in [6.45, 7) is 3.47. The molecule has 1 aromatic rings. The summed E-state index contributed by atoms with van der Waals surface area (Å²) in [5, 5.41) is 2.66. The first-order valence-electron chi connectivity index (χ1n) is 5.43. The minimum atomic E-state index is -0.530. The van der Waals surface area contributed by atoms with Gasteiger partial charge in [-0.2, -0.15) is 0 Å². The smallest absolute Gasteiger partial charge is 0.407 e. The fraction of sp³-hybridized carbons (Fsp3) is 0.385.